The van der Waals surface area contributed by atoms with E-state index in [1.165, 1.54) is 0 Å². The second-order valence-corrected chi connectivity index (χ2v) is 4.56. The lowest BCUT2D eigenvalue weighted by molar-refractivity contribution is 0.0690. The van der Waals surface area contributed by atoms with Crippen LogP contribution in [0.5, 0.6) is 0 Å². The zero-order valence-electron chi connectivity index (χ0n) is 8.86. The van der Waals surface area contributed by atoms with E-state index in [0.717, 1.165) is 16.6 Å². The van der Waals surface area contributed by atoms with Crippen molar-refractivity contribution in [2.24, 2.45) is 0 Å². The van der Waals surface area contributed by atoms with E-state index >= 15 is 0 Å². The number of aromatic amines is 1. The number of hydrogen-bond acceptors (Lipinski definition) is 2. The summed E-state index contributed by atoms with van der Waals surface area (Å²) in [6, 6.07) is 5.80. The molecule has 6 heteroatoms. The predicted octanol–water partition coefficient (Wildman–Crippen LogP) is 2.58. The third-order valence-corrected chi connectivity index (χ3v) is 3.49. The normalized spacial score (nSPS) is 11.4. The van der Waals surface area contributed by atoms with Gasteiger partial charge in [-0.1, -0.05) is 12.1 Å². The van der Waals surface area contributed by atoms with E-state index in [2.05, 4.69) is 25.9 Å². The number of carboxylic acid groups (broad SMARTS) is 1. The summed E-state index contributed by atoms with van der Waals surface area (Å²) in [6.45, 7) is 1.97. The van der Waals surface area contributed by atoms with Crippen LogP contribution in [0.2, 0.25) is 0 Å². The number of para-hydroxylation sites is 1. The highest BCUT2D eigenvalue weighted by molar-refractivity contribution is 9.10. The molecule has 0 fully saturated rings. The van der Waals surface area contributed by atoms with Crippen molar-refractivity contribution in [1.29, 1.82) is 0 Å². The number of aryl methyl sites for hydroxylation is 1. The molecule has 2 aromatic heterocycles. The summed E-state index contributed by atoms with van der Waals surface area (Å²) in [7, 11) is 0. The average molecular weight is 294 g/mol. The first-order valence-electron chi connectivity index (χ1n) is 4.98. The molecule has 86 valence electrons. The van der Waals surface area contributed by atoms with Crippen LogP contribution in [0.4, 0.5) is 0 Å². The summed E-state index contributed by atoms with van der Waals surface area (Å²) in [4.78, 5) is 18.2. The van der Waals surface area contributed by atoms with E-state index in [1.54, 1.807) is 4.40 Å². The molecule has 0 spiro atoms. The fourth-order valence-electron chi connectivity index (χ4n) is 1.94. The average Bonchev–Trinajstić information content (AvgIpc) is 2.78. The van der Waals surface area contributed by atoms with Crippen molar-refractivity contribution < 1.29 is 9.90 Å². The topological polar surface area (TPSA) is 70.4 Å². The fraction of sp³-hybridized carbons (Fsp3) is 0.0909. The summed E-state index contributed by atoms with van der Waals surface area (Å²) in [6.07, 6.45) is 0. The molecule has 2 N–H and O–H groups in total. The molecule has 0 bridgehead atoms. The highest BCUT2D eigenvalue weighted by atomic mass is 79.9. The highest BCUT2D eigenvalue weighted by Crippen LogP contribution is 2.26. The number of carbonyl (C=O) groups is 1. The lowest BCUT2D eigenvalue weighted by Crippen LogP contribution is -1.97. The molecular weight excluding hydrogens is 286 g/mol. The summed E-state index contributed by atoms with van der Waals surface area (Å²) >= 11 is 3.29. The fourth-order valence-corrected chi connectivity index (χ4v) is 2.57. The number of benzene rings is 1. The Morgan fingerprint density at radius 1 is 1.53 bits per heavy atom. The Kier molecular flexibility index (Phi) is 2.03. The van der Waals surface area contributed by atoms with Crippen LogP contribution in [0.15, 0.2) is 22.8 Å². The smallest absolute Gasteiger partial charge is 0.355 e. The van der Waals surface area contributed by atoms with Crippen LogP contribution in [0.1, 0.15) is 16.1 Å². The molecule has 0 aliphatic carbocycles. The van der Waals surface area contributed by atoms with Crippen molar-refractivity contribution in [2.45, 2.75) is 6.92 Å². The molecule has 0 aliphatic heterocycles. The minimum Gasteiger partial charge on any atom is -0.476 e. The van der Waals surface area contributed by atoms with Gasteiger partial charge in [-0.3, -0.25) is 4.40 Å². The van der Waals surface area contributed by atoms with E-state index in [4.69, 9.17) is 5.11 Å². The van der Waals surface area contributed by atoms with Crippen molar-refractivity contribution in [3.05, 3.63) is 34.1 Å². The van der Waals surface area contributed by atoms with Crippen molar-refractivity contribution >= 4 is 38.7 Å². The number of nitrogens with one attached hydrogen (secondary N) is 1. The summed E-state index contributed by atoms with van der Waals surface area (Å²) in [5.41, 5.74) is 2.92. The Bertz CT molecular complexity index is 757. The first-order valence-corrected chi connectivity index (χ1v) is 5.77. The first-order chi connectivity index (χ1) is 8.09. The van der Waals surface area contributed by atoms with Crippen LogP contribution in [0.25, 0.3) is 16.8 Å². The molecule has 0 saturated heterocycles. The number of nitrogens with zero attached hydrogens (tertiary/aromatic N) is 2. The number of aromatic nitrogens is 3. The maximum Gasteiger partial charge on any atom is 0.355 e. The summed E-state index contributed by atoms with van der Waals surface area (Å²) in [5.74, 6) is -0.484. The number of H-pyrrole nitrogens is 1. The van der Waals surface area contributed by atoms with Gasteiger partial charge in [-0.2, -0.15) is 0 Å². The molecule has 1 aromatic carbocycles. The van der Waals surface area contributed by atoms with Gasteiger partial charge in [0.15, 0.2) is 5.69 Å². The number of aromatic carboxylic acids is 1. The minimum absolute atomic E-state index is 0.107. The summed E-state index contributed by atoms with van der Waals surface area (Å²) < 4.78 is 2.24. The molecule has 0 unspecified atom stereocenters. The van der Waals surface area contributed by atoms with E-state index in [0.29, 0.717) is 10.4 Å². The zero-order chi connectivity index (χ0) is 12.2. The van der Waals surface area contributed by atoms with Gasteiger partial charge in [0.1, 0.15) is 4.60 Å². The van der Waals surface area contributed by atoms with Gasteiger partial charge in [0.25, 0.3) is 0 Å². The molecular formula is C11H8BrN3O2. The van der Waals surface area contributed by atoms with Gasteiger partial charge in [0.05, 0.1) is 11.0 Å². The SMILES string of the molecule is Cc1cccc2c1nc1[nH]c(C(=O)O)c(Br)n12. The maximum absolute atomic E-state index is 11.0. The first kappa shape index (κ1) is 10.3. The predicted molar refractivity (Wildman–Crippen MR) is 66.4 cm³/mol. The molecule has 17 heavy (non-hydrogen) atoms. The third-order valence-electron chi connectivity index (χ3n) is 2.74. The number of halogens is 1. The monoisotopic (exact) mass is 293 g/mol. The minimum atomic E-state index is -1.01. The number of fused-ring (bicyclic) bond motifs is 3. The highest BCUT2D eigenvalue weighted by Gasteiger charge is 2.18. The lowest BCUT2D eigenvalue weighted by Gasteiger charge is -1.95. The Morgan fingerprint density at radius 2 is 2.29 bits per heavy atom. The van der Waals surface area contributed by atoms with Gasteiger partial charge in [-0.15, -0.1) is 0 Å². The van der Waals surface area contributed by atoms with Crippen molar-refractivity contribution in [3.63, 3.8) is 0 Å². The van der Waals surface area contributed by atoms with Gasteiger partial charge in [0.2, 0.25) is 5.78 Å². The standard InChI is InChI=1S/C11H8BrN3O2/c1-5-3-2-4-6-7(5)13-11-14-8(10(16)17)9(12)15(6)11/h2-4H,1H3,(H,13,14)(H,16,17). The largest absolute Gasteiger partial charge is 0.476 e. The number of hydrogen-bond donors (Lipinski definition) is 2. The van der Waals surface area contributed by atoms with Crippen LogP contribution < -0.4 is 0 Å². The van der Waals surface area contributed by atoms with Crippen molar-refractivity contribution in [2.75, 3.05) is 0 Å². The van der Waals surface area contributed by atoms with E-state index in [1.807, 2.05) is 25.1 Å². The van der Waals surface area contributed by atoms with Crippen LogP contribution in [-0.2, 0) is 0 Å². The van der Waals surface area contributed by atoms with Crippen molar-refractivity contribution in [3.8, 4) is 0 Å². The zero-order valence-corrected chi connectivity index (χ0v) is 10.4. The molecule has 0 radical (unpaired) electrons. The molecule has 0 aliphatic rings. The Labute approximate surface area is 104 Å². The number of imidazole rings is 2. The van der Waals surface area contributed by atoms with Gasteiger partial charge < -0.3 is 10.1 Å². The van der Waals surface area contributed by atoms with Gasteiger partial charge in [0, 0.05) is 0 Å². The number of rotatable bonds is 1. The van der Waals surface area contributed by atoms with Crippen LogP contribution in [0, 0.1) is 6.92 Å². The second-order valence-electron chi connectivity index (χ2n) is 3.81. The van der Waals surface area contributed by atoms with Gasteiger partial charge >= 0.3 is 5.97 Å². The molecule has 0 saturated carbocycles. The molecule has 0 amide bonds. The quantitative estimate of drug-likeness (QED) is 0.724. The Hall–Kier alpha value is -1.82. The Balaban J connectivity index is 2.50. The van der Waals surface area contributed by atoms with Gasteiger partial charge in [-0.25, -0.2) is 9.78 Å². The van der Waals surface area contributed by atoms with E-state index < -0.39 is 5.97 Å². The molecule has 0 atom stereocenters. The second kappa shape index (κ2) is 3.33. The molecule has 3 aromatic rings. The van der Waals surface area contributed by atoms with E-state index in [9.17, 15) is 4.79 Å². The van der Waals surface area contributed by atoms with E-state index in [-0.39, 0.29) is 5.69 Å². The van der Waals surface area contributed by atoms with Crippen LogP contribution in [-0.4, -0.2) is 25.4 Å². The van der Waals surface area contributed by atoms with Crippen LogP contribution >= 0.6 is 15.9 Å². The number of carboxylic acids is 1. The summed E-state index contributed by atoms with van der Waals surface area (Å²) in [5, 5.41) is 9.01. The molecule has 2 heterocycles. The van der Waals surface area contributed by atoms with Crippen LogP contribution in [0.3, 0.4) is 0 Å². The maximum atomic E-state index is 11.0. The Morgan fingerprint density at radius 3 is 3.00 bits per heavy atom. The molecule has 3 rings (SSSR count). The van der Waals surface area contributed by atoms with Gasteiger partial charge in [-0.05, 0) is 34.5 Å². The third kappa shape index (κ3) is 1.30. The lowest BCUT2D eigenvalue weighted by atomic mass is 10.2. The van der Waals surface area contributed by atoms with Crippen molar-refractivity contribution in [1.82, 2.24) is 14.4 Å². The molecule has 5 nitrogen and oxygen atoms in total.